The Balaban J connectivity index is 0.000000292. The number of halogens is 1. The fourth-order valence-electron chi connectivity index (χ4n) is 1.06. The van der Waals surface area contributed by atoms with E-state index in [1.165, 1.54) is 7.11 Å². The van der Waals surface area contributed by atoms with Gasteiger partial charge in [0.25, 0.3) is 0 Å². The number of carbonyl (C=O) groups excluding carboxylic acids is 1. The van der Waals surface area contributed by atoms with Crippen molar-refractivity contribution in [3.05, 3.63) is 23.6 Å². The van der Waals surface area contributed by atoms with Crippen molar-refractivity contribution >= 4 is 6.29 Å². The average molecular weight is 200 g/mol. The van der Waals surface area contributed by atoms with E-state index in [1.807, 2.05) is 19.1 Å². The standard InChI is InChI=1S/C8H11F.C3H6O2/c1-2-7-5-3-4-6-8(7)9;1-5-3-2-4/h3,5H,2,4,6H2,1H3;2H,3H2,1H3. The highest BCUT2D eigenvalue weighted by molar-refractivity contribution is 5.50. The molecule has 0 saturated heterocycles. The van der Waals surface area contributed by atoms with Gasteiger partial charge in [0, 0.05) is 13.5 Å². The second kappa shape index (κ2) is 8.63. The average Bonchev–Trinajstić information content (AvgIpc) is 2.21. The van der Waals surface area contributed by atoms with Gasteiger partial charge in [0.1, 0.15) is 18.7 Å². The molecular weight excluding hydrogens is 183 g/mol. The molecule has 0 aromatic heterocycles. The normalized spacial score (nSPS) is 14.8. The Kier molecular flexibility index (Phi) is 8.04. The minimum Gasteiger partial charge on any atom is -0.377 e. The molecule has 3 heteroatoms. The van der Waals surface area contributed by atoms with Crippen molar-refractivity contribution in [3.63, 3.8) is 0 Å². The molecule has 1 aliphatic rings. The molecule has 0 atom stereocenters. The summed E-state index contributed by atoms with van der Waals surface area (Å²) in [5.41, 5.74) is 0.876. The predicted octanol–water partition coefficient (Wildman–Crippen LogP) is 2.80. The van der Waals surface area contributed by atoms with E-state index in [1.54, 1.807) is 0 Å². The molecular formula is C11H17FO2. The fourth-order valence-corrected chi connectivity index (χ4v) is 1.06. The lowest BCUT2D eigenvalue weighted by atomic mass is 10.0. The van der Waals surface area contributed by atoms with E-state index in [0.29, 0.717) is 12.7 Å². The van der Waals surface area contributed by atoms with Crippen LogP contribution in [0.15, 0.2) is 23.6 Å². The van der Waals surface area contributed by atoms with Crippen LogP contribution in [0.3, 0.4) is 0 Å². The monoisotopic (exact) mass is 200 g/mol. The van der Waals surface area contributed by atoms with Crippen LogP contribution < -0.4 is 0 Å². The third-order valence-electron chi connectivity index (χ3n) is 1.81. The van der Waals surface area contributed by atoms with Crippen LogP contribution >= 0.6 is 0 Å². The van der Waals surface area contributed by atoms with Crippen LogP contribution in [0.2, 0.25) is 0 Å². The zero-order chi connectivity index (χ0) is 10.8. The number of carbonyl (C=O) groups is 1. The highest BCUT2D eigenvalue weighted by Crippen LogP contribution is 2.21. The largest absolute Gasteiger partial charge is 0.377 e. The lowest BCUT2D eigenvalue weighted by molar-refractivity contribution is -0.110. The second-order valence-corrected chi connectivity index (χ2v) is 2.85. The van der Waals surface area contributed by atoms with Crippen LogP contribution in [0.4, 0.5) is 4.39 Å². The predicted molar refractivity (Wildman–Crippen MR) is 54.7 cm³/mol. The highest BCUT2D eigenvalue weighted by atomic mass is 19.1. The Morgan fingerprint density at radius 3 is 2.64 bits per heavy atom. The molecule has 14 heavy (non-hydrogen) atoms. The van der Waals surface area contributed by atoms with Crippen molar-refractivity contribution in [1.82, 2.24) is 0 Å². The molecule has 0 aliphatic heterocycles. The molecule has 2 nitrogen and oxygen atoms in total. The van der Waals surface area contributed by atoms with Crippen molar-refractivity contribution in [2.45, 2.75) is 26.2 Å². The minimum absolute atomic E-state index is 0.0833. The van der Waals surface area contributed by atoms with Crippen LogP contribution in [0, 0.1) is 0 Å². The van der Waals surface area contributed by atoms with Crippen molar-refractivity contribution in [1.29, 1.82) is 0 Å². The quantitative estimate of drug-likeness (QED) is 0.655. The van der Waals surface area contributed by atoms with Crippen LogP contribution in [0.25, 0.3) is 0 Å². The van der Waals surface area contributed by atoms with Crippen LogP contribution in [0.1, 0.15) is 26.2 Å². The topological polar surface area (TPSA) is 26.3 Å². The van der Waals surface area contributed by atoms with Gasteiger partial charge in [0.05, 0.1) is 0 Å². The molecule has 0 amide bonds. The van der Waals surface area contributed by atoms with Gasteiger partial charge in [0.2, 0.25) is 0 Å². The van der Waals surface area contributed by atoms with E-state index in [2.05, 4.69) is 4.74 Å². The molecule has 0 bridgehead atoms. The number of methoxy groups -OCH3 is 1. The van der Waals surface area contributed by atoms with Gasteiger partial charge in [-0.25, -0.2) is 4.39 Å². The van der Waals surface area contributed by atoms with Gasteiger partial charge < -0.3 is 9.53 Å². The van der Waals surface area contributed by atoms with E-state index in [9.17, 15) is 9.18 Å². The van der Waals surface area contributed by atoms with Gasteiger partial charge in [0.15, 0.2) is 0 Å². The van der Waals surface area contributed by atoms with E-state index >= 15 is 0 Å². The number of rotatable bonds is 3. The molecule has 0 radical (unpaired) electrons. The molecule has 0 fully saturated rings. The fraction of sp³-hybridized carbons (Fsp3) is 0.545. The number of hydrogen-bond donors (Lipinski definition) is 0. The molecule has 0 heterocycles. The molecule has 1 aliphatic carbocycles. The van der Waals surface area contributed by atoms with Crippen molar-refractivity contribution < 1.29 is 13.9 Å². The summed E-state index contributed by atoms with van der Waals surface area (Å²) in [6.07, 6.45) is 6.93. The maximum Gasteiger partial charge on any atom is 0.145 e. The van der Waals surface area contributed by atoms with Gasteiger partial charge in [-0.3, -0.25) is 0 Å². The molecule has 0 aromatic rings. The van der Waals surface area contributed by atoms with Gasteiger partial charge in [-0.1, -0.05) is 19.1 Å². The lowest BCUT2D eigenvalue weighted by Gasteiger charge is -2.05. The Bertz CT molecular complexity index is 219. The molecule has 0 spiro atoms. The Hall–Kier alpha value is -0.960. The first-order valence-corrected chi connectivity index (χ1v) is 4.72. The zero-order valence-corrected chi connectivity index (χ0v) is 8.75. The smallest absolute Gasteiger partial charge is 0.145 e. The third kappa shape index (κ3) is 5.65. The summed E-state index contributed by atoms with van der Waals surface area (Å²) in [5.74, 6) is 0.0833. The van der Waals surface area contributed by atoms with E-state index in [-0.39, 0.29) is 12.4 Å². The second-order valence-electron chi connectivity index (χ2n) is 2.85. The summed E-state index contributed by atoms with van der Waals surface area (Å²) < 4.78 is 17.0. The molecule has 0 N–H and O–H groups in total. The molecule has 80 valence electrons. The molecule has 0 aromatic carbocycles. The van der Waals surface area contributed by atoms with E-state index in [0.717, 1.165) is 18.4 Å². The summed E-state index contributed by atoms with van der Waals surface area (Å²) in [7, 11) is 1.48. The van der Waals surface area contributed by atoms with Crippen molar-refractivity contribution in [2.75, 3.05) is 13.7 Å². The maximum atomic E-state index is 12.7. The van der Waals surface area contributed by atoms with Crippen molar-refractivity contribution in [2.24, 2.45) is 0 Å². The third-order valence-corrected chi connectivity index (χ3v) is 1.81. The van der Waals surface area contributed by atoms with Gasteiger partial charge >= 0.3 is 0 Å². The highest BCUT2D eigenvalue weighted by Gasteiger charge is 2.03. The SMILES string of the molecule is CCC1=C(F)CCC=C1.COCC=O. The zero-order valence-electron chi connectivity index (χ0n) is 8.75. The molecule has 0 unspecified atom stereocenters. The van der Waals surface area contributed by atoms with E-state index < -0.39 is 0 Å². The number of aldehydes is 1. The minimum atomic E-state index is 0.0833. The molecule has 1 rings (SSSR count). The first-order chi connectivity index (χ1) is 6.76. The van der Waals surface area contributed by atoms with Crippen LogP contribution in [-0.4, -0.2) is 20.0 Å². The summed E-state index contributed by atoms with van der Waals surface area (Å²) in [6, 6.07) is 0. The summed E-state index contributed by atoms with van der Waals surface area (Å²) in [6.45, 7) is 2.19. The van der Waals surface area contributed by atoms with Gasteiger partial charge in [-0.15, -0.1) is 0 Å². The Morgan fingerprint density at radius 1 is 1.64 bits per heavy atom. The summed E-state index contributed by atoms with van der Waals surface area (Å²) in [4.78, 5) is 9.28. The van der Waals surface area contributed by atoms with E-state index in [4.69, 9.17) is 0 Å². The first-order valence-electron chi connectivity index (χ1n) is 4.72. The maximum absolute atomic E-state index is 12.7. The summed E-state index contributed by atoms with van der Waals surface area (Å²) >= 11 is 0. The van der Waals surface area contributed by atoms with Crippen LogP contribution in [0.5, 0.6) is 0 Å². The number of allylic oxidation sites excluding steroid dienone is 4. The molecule has 0 saturated carbocycles. The summed E-state index contributed by atoms with van der Waals surface area (Å²) in [5, 5.41) is 0. The van der Waals surface area contributed by atoms with Crippen LogP contribution in [-0.2, 0) is 9.53 Å². The first kappa shape index (κ1) is 13.0. The number of hydrogen-bond acceptors (Lipinski definition) is 2. The Labute approximate surface area is 84.5 Å². The lowest BCUT2D eigenvalue weighted by Crippen LogP contribution is -1.87. The van der Waals surface area contributed by atoms with Crippen molar-refractivity contribution in [3.8, 4) is 0 Å². The Morgan fingerprint density at radius 2 is 2.36 bits per heavy atom. The number of ether oxygens (including phenoxy) is 1. The van der Waals surface area contributed by atoms with Gasteiger partial charge in [-0.05, 0) is 18.4 Å². The van der Waals surface area contributed by atoms with Gasteiger partial charge in [-0.2, -0.15) is 0 Å².